The van der Waals surface area contributed by atoms with E-state index in [4.69, 9.17) is 18.9 Å². The molecule has 0 bridgehead atoms. The molecule has 0 saturated carbocycles. The van der Waals surface area contributed by atoms with Crippen molar-refractivity contribution in [1.82, 2.24) is 0 Å². The number of carbonyl (C=O) groups is 4. The molecule has 1 heterocycles. The van der Waals surface area contributed by atoms with Crippen LogP contribution in [-0.4, -0.2) is 91.6 Å². The topological polar surface area (TPSA) is 186 Å². The molecule has 12 heteroatoms. The SMILES string of the molecule is CC(=O)OC1CC(C)=CC2OC(=O)C(C)(O)C2(O)C(OC(C)=O)C2C(C)(O)C(O)C=CC2(C)C1OC(C)=O. The molecule has 0 aromatic carbocycles. The number of fused-ring (bicyclic) bond motifs is 2. The van der Waals surface area contributed by atoms with Crippen molar-refractivity contribution in [2.45, 2.75) is 102 Å². The molecule has 1 fully saturated rings. The van der Waals surface area contributed by atoms with Gasteiger partial charge in [0.1, 0.15) is 24.4 Å². The Morgan fingerprint density at radius 2 is 1.47 bits per heavy atom. The molecule has 0 spiro atoms. The van der Waals surface area contributed by atoms with Crippen LogP contribution in [0.2, 0.25) is 0 Å². The lowest BCUT2D eigenvalue weighted by molar-refractivity contribution is -0.261. The Bertz CT molecular complexity index is 1070. The second-order valence-corrected chi connectivity index (χ2v) is 11.0. The van der Waals surface area contributed by atoms with E-state index in [1.165, 1.54) is 32.1 Å². The normalized spacial score (nSPS) is 44.6. The third-order valence-corrected chi connectivity index (χ3v) is 7.93. The van der Waals surface area contributed by atoms with Gasteiger partial charge in [0, 0.05) is 38.5 Å². The second kappa shape index (κ2) is 9.74. The van der Waals surface area contributed by atoms with Gasteiger partial charge < -0.3 is 39.4 Å². The molecule has 3 aliphatic rings. The quantitative estimate of drug-likeness (QED) is 0.211. The number of hydrogen-bond acceptors (Lipinski definition) is 12. The zero-order chi connectivity index (χ0) is 29.0. The van der Waals surface area contributed by atoms with Crippen LogP contribution in [-0.2, 0) is 38.1 Å². The zero-order valence-corrected chi connectivity index (χ0v) is 22.5. The molecule has 10 atom stereocenters. The van der Waals surface area contributed by atoms with E-state index in [1.54, 1.807) is 6.92 Å². The molecular formula is C26H36O12. The van der Waals surface area contributed by atoms with Crippen LogP contribution in [0.25, 0.3) is 0 Å². The number of ether oxygens (including phenoxy) is 4. The van der Waals surface area contributed by atoms with Crippen molar-refractivity contribution in [2.75, 3.05) is 0 Å². The standard InChI is InChI=1S/C26H36O12/c1-12-10-16(35-13(2)27)20(36-14(3)28)23(5)9-8-17(30)24(6,32)19(23)21(37-15(4)29)26(34)18(11-12)38-22(31)25(26,7)33/h8-9,11,16-21,30,32-34H,10H2,1-7H3. The highest BCUT2D eigenvalue weighted by molar-refractivity contribution is 5.84. The smallest absolute Gasteiger partial charge is 0.341 e. The molecule has 2 aliphatic carbocycles. The fourth-order valence-electron chi connectivity index (χ4n) is 6.12. The minimum Gasteiger partial charge on any atom is -0.459 e. The summed E-state index contributed by atoms with van der Waals surface area (Å²) in [6.07, 6.45) is -3.71. The van der Waals surface area contributed by atoms with Gasteiger partial charge in [-0.15, -0.1) is 0 Å². The molecular weight excluding hydrogens is 504 g/mol. The van der Waals surface area contributed by atoms with Crippen LogP contribution < -0.4 is 0 Å². The second-order valence-electron chi connectivity index (χ2n) is 11.0. The molecule has 0 aromatic rings. The summed E-state index contributed by atoms with van der Waals surface area (Å²) >= 11 is 0. The molecule has 0 aromatic heterocycles. The van der Waals surface area contributed by atoms with E-state index in [9.17, 15) is 39.6 Å². The monoisotopic (exact) mass is 540 g/mol. The van der Waals surface area contributed by atoms with Gasteiger partial charge in [0.15, 0.2) is 17.3 Å². The largest absolute Gasteiger partial charge is 0.459 e. The Morgan fingerprint density at radius 3 is 2.00 bits per heavy atom. The predicted molar refractivity (Wildman–Crippen MR) is 128 cm³/mol. The van der Waals surface area contributed by atoms with E-state index in [0.717, 1.165) is 27.7 Å². The van der Waals surface area contributed by atoms with E-state index in [0.29, 0.717) is 5.57 Å². The van der Waals surface area contributed by atoms with Gasteiger partial charge in [-0.3, -0.25) is 14.4 Å². The summed E-state index contributed by atoms with van der Waals surface area (Å²) in [5, 5.41) is 46.0. The highest BCUT2D eigenvalue weighted by Gasteiger charge is 2.74. The van der Waals surface area contributed by atoms with Crippen molar-refractivity contribution in [3.05, 3.63) is 23.8 Å². The molecule has 0 amide bonds. The third kappa shape index (κ3) is 4.63. The van der Waals surface area contributed by atoms with Crippen LogP contribution in [0.3, 0.4) is 0 Å². The van der Waals surface area contributed by atoms with Gasteiger partial charge in [0.05, 0.1) is 5.60 Å². The van der Waals surface area contributed by atoms with Gasteiger partial charge >= 0.3 is 23.9 Å². The Balaban J connectivity index is 2.47. The highest BCUT2D eigenvalue weighted by atomic mass is 16.6. The van der Waals surface area contributed by atoms with Gasteiger partial charge in [-0.05, 0) is 26.8 Å². The Morgan fingerprint density at radius 1 is 0.947 bits per heavy atom. The molecule has 4 N–H and O–H groups in total. The summed E-state index contributed by atoms with van der Waals surface area (Å²) in [7, 11) is 0. The number of esters is 4. The highest BCUT2D eigenvalue weighted by Crippen LogP contribution is 2.55. The maximum absolute atomic E-state index is 12.8. The first-order valence-electron chi connectivity index (χ1n) is 12.2. The zero-order valence-electron chi connectivity index (χ0n) is 22.5. The fourth-order valence-corrected chi connectivity index (χ4v) is 6.12. The van der Waals surface area contributed by atoms with Crippen LogP contribution in [0.15, 0.2) is 23.8 Å². The number of rotatable bonds is 3. The van der Waals surface area contributed by atoms with Crippen LogP contribution in [0.5, 0.6) is 0 Å². The molecule has 10 unspecified atom stereocenters. The van der Waals surface area contributed by atoms with E-state index in [1.807, 2.05) is 0 Å². The van der Waals surface area contributed by atoms with Crippen molar-refractivity contribution in [3.8, 4) is 0 Å². The van der Waals surface area contributed by atoms with Crippen molar-refractivity contribution in [2.24, 2.45) is 11.3 Å². The molecule has 1 saturated heterocycles. The van der Waals surface area contributed by atoms with Gasteiger partial charge in [0.25, 0.3) is 0 Å². The van der Waals surface area contributed by atoms with Gasteiger partial charge in [-0.2, -0.15) is 0 Å². The Kier molecular flexibility index (Phi) is 7.63. The summed E-state index contributed by atoms with van der Waals surface area (Å²) in [5.74, 6) is -5.20. The summed E-state index contributed by atoms with van der Waals surface area (Å²) in [5.41, 5.74) is -8.77. The lowest BCUT2D eigenvalue weighted by Crippen LogP contribution is -2.73. The fraction of sp³-hybridized carbons (Fsp3) is 0.692. The summed E-state index contributed by atoms with van der Waals surface area (Å²) in [6.45, 7) is 8.61. The van der Waals surface area contributed by atoms with Crippen molar-refractivity contribution in [3.63, 3.8) is 0 Å². The number of aliphatic hydroxyl groups is 4. The van der Waals surface area contributed by atoms with Crippen molar-refractivity contribution >= 4 is 23.9 Å². The minimum absolute atomic E-state index is 0.0666. The molecule has 212 valence electrons. The Labute approximate surface area is 220 Å². The van der Waals surface area contributed by atoms with E-state index >= 15 is 0 Å². The lowest BCUT2D eigenvalue weighted by atomic mass is 9.54. The first-order chi connectivity index (χ1) is 17.3. The maximum atomic E-state index is 12.8. The predicted octanol–water partition coefficient (Wildman–Crippen LogP) is -0.157. The number of hydrogen-bond donors (Lipinski definition) is 4. The molecule has 3 rings (SSSR count). The first-order valence-corrected chi connectivity index (χ1v) is 12.2. The molecule has 12 nitrogen and oxygen atoms in total. The number of aliphatic hydroxyl groups excluding tert-OH is 1. The maximum Gasteiger partial charge on any atom is 0.341 e. The van der Waals surface area contributed by atoms with Crippen LogP contribution >= 0.6 is 0 Å². The minimum atomic E-state index is -2.69. The van der Waals surface area contributed by atoms with E-state index < -0.39 is 82.5 Å². The summed E-state index contributed by atoms with van der Waals surface area (Å²) in [4.78, 5) is 49.7. The lowest BCUT2D eigenvalue weighted by Gasteiger charge is -2.57. The third-order valence-electron chi connectivity index (χ3n) is 7.93. The number of carbonyl (C=O) groups excluding carboxylic acids is 4. The molecule has 1 aliphatic heterocycles. The van der Waals surface area contributed by atoms with Crippen molar-refractivity contribution < 1.29 is 58.6 Å². The Hall–Kier alpha value is -2.80. The van der Waals surface area contributed by atoms with E-state index in [-0.39, 0.29) is 6.42 Å². The van der Waals surface area contributed by atoms with Crippen LogP contribution in [0, 0.1) is 11.3 Å². The molecule has 38 heavy (non-hydrogen) atoms. The van der Waals surface area contributed by atoms with Gasteiger partial charge in [0.2, 0.25) is 0 Å². The summed E-state index contributed by atoms with van der Waals surface area (Å²) < 4.78 is 22.2. The average molecular weight is 541 g/mol. The summed E-state index contributed by atoms with van der Waals surface area (Å²) in [6, 6.07) is 0. The average Bonchev–Trinajstić information content (AvgIpc) is 2.92. The van der Waals surface area contributed by atoms with Crippen LogP contribution in [0.1, 0.15) is 54.9 Å². The first kappa shape index (κ1) is 29.8. The van der Waals surface area contributed by atoms with Crippen LogP contribution in [0.4, 0.5) is 0 Å². The van der Waals surface area contributed by atoms with Crippen molar-refractivity contribution in [1.29, 1.82) is 0 Å². The molecule has 0 radical (unpaired) electrons. The van der Waals surface area contributed by atoms with E-state index in [2.05, 4.69) is 0 Å². The van der Waals surface area contributed by atoms with Gasteiger partial charge in [-0.25, -0.2) is 4.79 Å². The van der Waals surface area contributed by atoms with Gasteiger partial charge in [-0.1, -0.05) is 24.6 Å².